The number of hydrogen-bond donors (Lipinski definition) is 0. The fraction of sp³-hybridized carbons (Fsp3) is 0.526. The molecule has 0 saturated heterocycles. The van der Waals surface area contributed by atoms with Gasteiger partial charge in [-0.1, -0.05) is 36.3 Å². The van der Waals surface area contributed by atoms with Gasteiger partial charge in [0, 0.05) is 18.3 Å². The van der Waals surface area contributed by atoms with E-state index < -0.39 is 5.92 Å². The minimum absolute atomic E-state index is 0.00161. The molecule has 4 heteroatoms. The minimum Gasteiger partial charge on any atom is -0.396 e. The van der Waals surface area contributed by atoms with E-state index in [-0.39, 0.29) is 17.0 Å². The first-order valence-electron chi connectivity index (χ1n) is 8.44. The molecule has 3 rings (SSSR count). The Morgan fingerprint density at radius 2 is 1.91 bits per heavy atom. The van der Waals surface area contributed by atoms with E-state index in [9.17, 15) is 9.59 Å². The Hall–Kier alpha value is -1.97. The molecule has 0 N–H and O–H groups in total. The van der Waals surface area contributed by atoms with Crippen LogP contribution in [0.5, 0.6) is 0 Å². The fourth-order valence-corrected chi connectivity index (χ4v) is 4.09. The zero-order chi connectivity index (χ0) is 16.4. The van der Waals surface area contributed by atoms with E-state index in [0.717, 1.165) is 12.8 Å². The van der Waals surface area contributed by atoms with Crippen molar-refractivity contribution in [3.8, 4) is 0 Å². The van der Waals surface area contributed by atoms with Gasteiger partial charge >= 0.3 is 0 Å². The number of carbonyl (C=O) groups is 2. The first kappa shape index (κ1) is 15.9. The molecule has 0 heterocycles. The predicted octanol–water partition coefficient (Wildman–Crippen LogP) is 3.22. The molecule has 0 amide bonds. The van der Waals surface area contributed by atoms with E-state index in [0.29, 0.717) is 31.6 Å². The lowest BCUT2D eigenvalue weighted by atomic mass is 9.65. The molecular weight excluding hydrogens is 290 g/mol. The lowest BCUT2D eigenvalue weighted by molar-refractivity contribution is -0.135. The summed E-state index contributed by atoms with van der Waals surface area (Å²) in [7, 11) is 0. The summed E-state index contributed by atoms with van der Waals surface area (Å²) in [5.41, 5.74) is 2.76. The Morgan fingerprint density at radius 3 is 2.57 bits per heavy atom. The topological polar surface area (TPSA) is 55.7 Å². The molecule has 2 aliphatic carbocycles. The van der Waals surface area contributed by atoms with Crippen molar-refractivity contribution in [2.24, 2.45) is 11.1 Å². The second-order valence-corrected chi connectivity index (χ2v) is 6.51. The third-order valence-corrected chi connectivity index (χ3v) is 5.14. The van der Waals surface area contributed by atoms with Gasteiger partial charge in [0.25, 0.3) is 0 Å². The van der Waals surface area contributed by atoms with E-state index in [1.807, 2.05) is 26.0 Å². The van der Waals surface area contributed by atoms with Crippen molar-refractivity contribution in [2.45, 2.75) is 51.4 Å². The van der Waals surface area contributed by atoms with Crippen LogP contribution in [0.15, 0.2) is 29.4 Å². The summed E-state index contributed by atoms with van der Waals surface area (Å²) in [4.78, 5) is 30.7. The van der Waals surface area contributed by atoms with Crippen LogP contribution in [0, 0.1) is 5.92 Å². The molecular formula is C19H23NO3. The molecule has 1 aromatic carbocycles. The van der Waals surface area contributed by atoms with Gasteiger partial charge in [0.05, 0.1) is 5.71 Å². The van der Waals surface area contributed by atoms with E-state index >= 15 is 0 Å². The zero-order valence-electron chi connectivity index (χ0n) is 13.8. The Kier molecular flexibility index (Phi) is 4.33. The molecule has 0 aromatic heterocycles. The van der Waals surface area contributed by atoms with Gasteiger partial charge in [-0.15, -0.1) is 0 Å². The smallest absolute Gasteiger partial charge is 0.150 e. The predicted molar refractivity (Wildman–Crippen MR) is 88.5 cm³/mol. The highest BCUT2D eigenvalue weighted by Crippen LogP contribution is 2.48. The molecule has 1 saturated carbocycles. The minimum atomic E-state index is -0.704. The lowest BCUT2D eigenvalue weighted by Gasteiger charge is -2.36. The van der Waals surface area contributed by atoms with Crippen molar-refractivity contribution in [3.63, 3.8) is 0 Å². The largest absolute Gasteiger partial charge is 0.396 e. The Balaban J connectivity index is 1.89. The maximum Gasteiger partial charge on any atom is 0.150 e. The Bertz CT molecular complexity index is 644. The molecule has 23 heavy (non-hydrogen) atoms. The van der Waals surface area contributed by atoms with E-state index in [1.54, 1.807) is 0 Å². The number of fused-ring (bicyclic) bond motifs is 2. The Labute approximate surface area is 136 Å². The van der Waals surface area contributed by atoms with Crippen molar-refractivity contribution < 1.29 is 14.4 Å². The van der Waals surface area contributed by atoms with Crippen LogP contribution in [-0.4, -0.2) is 23.9 Å². The van der Waals surface area contributed by atoms with Crippen LogP contribution in [-0.2, 0) is 26.3 Å². The van der Waals surface area contributed by atoms with Gasteiger partial charge in [0.1, 0.15) is 24.1 Å². The highest BCUT2D eigenvalue weighted by molar-refractivity contribution is 6.22. The molecule has 1 aromatic rings. The third-order valence-electron chi connectivity index (χ3n) is 5.14. The first-order valence-corrected chi connectivity index (χ1v) is 8.44. The lowest BCUT2D eigenvalue weighted by Crippen LogP contribution is -2.45. The molecule has 0 radical (unpaired) electrons. The van der Waals surface area contributed by atoms with Crippen molar-refractivity contribution in [2.75, 3.05) is 6.61 Å². The van der Waals surface area contributed by atoms with E-state index in [4.69, 9.17) is 4.84 Å². The Morgan fingerprint density at radius 1 is 1.22 bits per heavy atom. The number of carbonyl (C=O) groups excluding carboxylic acids is 2. The standard InChI is InChI=1S/C19H23NO3/c1-3-15(20-23-4-2)18-16(21)11-19(12-17(18)22)10-9-13-7-5-6-8-14(13)19/h5-8,18H,3-4,9-12H2,1-2H3/b20-15-. The van der Waals surface area contributed by atoms with Crippen LogP contribution in [0.2, 0.25) is 0 Å². The van der Waals surface area contributed by atoms with Crippen LogP contribution in [0.25, 0.3) is 0 Å². The van der Waals surface area contributed by atoms with Gasteiger partial charge in [-0.3, -0.25) is 9.59 Å². The van der Waals surface area contributed by atoms with Crippen LogP contribution in [0.3, 0.4) is 0 Å². The fourth-order valence-electron chi connectivity index (χ4n) is 4.09. The summed E-state index contributed by atoms with van der Waals surface area (Å²) in [6.45, 7) is 4.19. The molecule has 0 unspecified atom stereocenters. The molecule has 2 aliphatic rings. The number of aryl methyl sites for hydroxylation is 1. The van der Waals surface area contributed by atoms with Crippen molar-refractivity contribution in [1.29, 1.82) is 0 Å². The van der Waals surface area contributed by atoms with Gasteiger partial charge in [-0.2, -0.15) is 0 Å². The molecule has 0 atom stereocenters. The molecule has 0 bridgehead atoms. The second kappa shape index (κ2) is 6.26. The number of rotatable bonds is 4. The molecule has 4 nitrogen and oxygen atoms in total. The number of hydrogen-bond acceptors (Lipinski definition) is 4. The van der Waals surface area contributed by atoms with Crippen molar-refractivity contribution in [3.05, 3.63) is 35.4 Å². The van der Waals surface area contributed by atoms with Gasteiger partial charge in [0.2, 0.25) is 0 Å². The summed E-state index contributed by atoms with van der Waals surface area (Å²) < 4.78 is 0. The average molecular weight is 313 g/mol. The monoisotopic (exact) mass is 313 g/mol. The second-order valence-electron chi connectivity index (χ2n) is 6.51. The van der Waals surface area contributed by atoms with Crippen LogP contribution in [0.4, 0.5) is 0 Å². The van der Waals surface area contributed by atoms with Gasteiger partial charge in [0.15, 0.2) is 0 Å². The SMILES string of the molecule is CCO/N=C(/CC)C1C(=O)CC2(CCc3ccccc32)CC1=O. The molecule has 1 spiro atoms. The molecule has 1 fully saturated rings. The maximum absolute atomic E-state index is 12.8. The average Bonchev–Trinajstić information content (AvgIpc) is 2.88. The molecule has 122 valence electrons. The van der Waals surface area contributed by atoms with Gasteiger partial charge in [-0.05, 0) is 37.3 Å². The van der Waals surface area contributed by atoms with Gasteiger partial charge in [-0.25, -0.2) is 0 Å². The number of oxime groups is 1. The van der Waals surface area contributed by atoms with Crippen LogP contribution < -0.4 is 0 Å². The number of ketones is 2. The van der Waals surface area contributed by atoms with Gasteiger partial charge < -0.3 is 4.84 Å². The van der Waals surface area contributed by atoms with Crippen LogP contribution in [0.1, 0.15) is 50.7 Å². The number of benzene rings is 1. The summed E-state index contributed by atoms with van der Waals surface area (Å²) in [5, 5.41) is 4.02. The summed E-state index contributed by atoms with van der Waals surface area (Å²) in [6, 6.07) is 8.22. The summed E-state index contributed by atoms with van der Waals surface area (Å²) >= 11 is 0. The highest BCUT2D eigenvalue weighted by atomic mass is 16.6. The molecule has 0 aliphatic heterocycles. The summed E-state index contributed by atoms with van der Waals surface area (Å²) in [5.74, 6) is -0.707. The third kappa shape index (κ3) is 2.71. The van der Waals surface area contributed by atoms with E-state index in [1.165, 1.54) is 11.1 Å². The van der Waals surface area contributed by atoms with Crippen LogP contribution >= 0.6 is 0 Å². The first-order chi connectivity index (χ1) is 11.1. The maximum atomic E-state index is 12.8. The number of Topliss-reactive ketones (excluding diaryl/α,β-unsaturated/α-hetero) is 2. The van der Waals surface area contributed by atoms with Crippen molar-refractivity contribution >= 4 is 17.3 Å². The normalized spacial score (nSPS) is 27.4. The van der Waals surface area contributed by atoms with E-state index in [2.05, 4.69) is 17.3 Å². The van der Waals surface area contributed by atoms with Crippen molar-refractivity contribution in [1.82, 2.24) is 0 Å². The highest BCUT2D eigenvalue weighted by Gasteiger charge is 2.49. The number of nitrogens with zero attached hydrogens (tertiary/aromatic N) is 1. The summed E-state index contributed by atoms with van der Waals surface area (Å²) in [6.07, 6.45) is 3.28. The quantitative estimate of drug-likeness (QED) is 0.487. The zero-order valence-corrected chi connectivity index (χ0v) is 13.8.